The summed E-state index contributed by atoms with van der Waals surface area (Å²) in [6.07, 6.45) is -0.228. The number of hydrogen-bond donors (Lipinski definition) is 2. The third-order valence-electron chi connectivity index (χ3n) is 4.18. The topological polar surface area (TPSA) is 67.4 Å². The van der Waals surface area contributed by atoms with Crippen LogP contribution in [0.4, 0.5) is 5.69 Å². The van der Waals surface area contributed by atoms with Crippen LogP contribution in [-0.2, 0) is 16.1 Å². The Hall–Kier alpha value is -3.60. The number of carbonyl (C=O) groups is 2. The van der Waals surface area contributed by atoms with E-state index in [0.29, 0.717) is 18.0 Å². The zero-order valence-electron chi connectivity index (χ0n) is 15.6. The summed E-state index contributed by atoms with van der Waals surface area (Å²) in [4.78, 5) is 24.1. The van der Waals surface area contributed by atoms with Crippen molar-refractivity contribution in [3.8, 4) is 11.5 Å². The molecule has 2 N–H and O–H groups in total. The van der Waals surface area contributed by atoms with Gasteiger partial charge in [0, 0.05) is 12.2 Å². The fourth-order valence-corrected chi connectivity index (χ4v) is 2.65. The molecule has 0 bridgehead atoms. The highest BCUT2D eigenvalue weighted by atomic mass is 16.5. The van der Waals surface area contributed by atoms with Crippen molar-refractivity contribution in [3.63, 3.8) is 0 Å². The van der Waals surface area contributed by atoms with Crippen LogP contribution in [0.1, 0.15) is 17.5 Å². The van der Waals surface area contributed by atoms with Gasteiger partial charge in [-0.25, -0.2) is 0 Å². The molecule has 0 fully saturated rings. The predicted molar refractivity (Wildman–Crippen MR) is 109 cm³/mol. The minimum absolute atomic E-state index is 0.228. The molecular weight excluding hydrogens is 352 g/mol. The van der Waals surface area contributed by atoms with Gasteiger partial charge in [-0.15, -0.1) is 0 Å². The second-order valence-electron chi connectivity index (χ2n) is 6.37. The van der Waals surface area contributed by atoms with Crippen molar-refractivity contribution in [2.75, 3.05) is 5.32 Å². The van der Waals surface area contributed by atoms with E-state index in [0.717, 1.165) is 16.9 Å². The number of aryl methyl sites for hydroxylation is 1. The normalized spacial score (nSPS) is 10.2. The molecule has 0 atom stereocenters. The number of ether oxygens (including phenoxy) is 1. The highest BCUT2D eigenvalue weighted by Gasteiger charge is 2.10. The molecule has 5 nitrogen and oxygen atoms in total. The molecule has 0 saturated carbocycles. The van der Waals surface area contributed by atoms with E-state index in [1.54, 1.807) is 24.3 Å². The quantitative estimate of drug-likeness (QED) is 0.601. The third kappa shape index (κ3) is 5.71. The molecule has 0 aromatic heterocycles. The lowest BCUT2D eigenvalue weighted by Crippen LogP contribution is -2.28. The Kier molecular flexibility index (Phi) is 6.41. The minimum Gasteiger partial charge on any atom is -0.457 e. The minimum atomic E-state index is -0.362. The van der Waals surface area contributed by atoms with E-state index in [-0.39, 0.29) is 18.2 Å². The van der Waals surface area contributed by atoms with Crippen LogP contribution in [-0.4, -0.2) is 11.8 Å². The molecule has 0 aliphatic rings. The van der Waals surface area contributed by atoms with Gasteiger partial charge < -0.3 is 15.4 Å². The first kappa shape index (κ1) is 19.2. The molecule has 0 aliphatic heterocycles. The maximum absolute atomic E-state index is 12.1. The second-order valence-corrected chi connectivity index (χ2v) is 6.37. The number of hydrogen-bond acceptors (Lipinski definition) is 3. The van der Waals surface area contributed by atoms with Crippen molar-refractivity contribution in [2.45, 2.75) is 19.9 Å². The van der Waals surface area contributed by atoms with Crippen LogP contribution in [0, 0.1) is 6.92 Å². The van der Waals surface area contributed by atoms with E-state index in [4.69, 9.17) is 4.74 Å². The molecule has 142 valence electrons. The fourth-order valence-electron chi connectivity index (χ4n) is 2.65. The van der Waals surface area contributed by atoms with Crippen LogP contribution >= 0.6 is 0 Å². The summed E-state index contributed by atoms with van der Waals surface area (Å²) < 4.78 is 5.71. The van der Waals surface area contributed by atoms with Crippen molar-refractivity contribution in [2.24, 2.45) is 0 Å². The Morgan fingerprint density at radius 1 is 0.786 bits per heavy atom. The van der Waals surface area contributed by atoms with E-state index in [9.17, 15) is 9.59 Å². The molecule has 0 radical (unpaired) electrons. The fraction of sp³-hybridized carbons (Fsp3) is 0.130. The number of rotatable bonds is 7. The molecule has 0 heterocycles. The van der Waals surface area contributed by atoms with Crippen LogP contribution in [0.15, 0.2) is 78.9 Å². The van der Waals surface area contributed by atoms with Gasteiger partial charge in [-0.05, 0) is 54.4 Å². The van der Waals surface area contributed by atoms with Gasteiger partial charge in [0.15, 0.2) is 0 Å². The molecule has 2 amide bonds. The molecule has 28 heavy (non-hydrogen) atoms. The summed E-state index contributed by atoms with van der Waals surface area (Å²) in [6.45, 7) is 2.39. The van der Waals surface area contributed by atoms with Crippen LogP contribution in [0.3, 0.4) is 0 Å². The van der Waals surface area contributed by atoms with Crippen LogP contribution in [0.5, 0.6) is 11.5 Å². The van der Waals surface area contributed by atoms with Gasteiger partial charge in [0.25, 0.3) is 0 Å². The number of carbonyl (C=O) groups excluding carboxylic acids is 2. The molecule has 3 rings (SSSR count). The standard InChI is InChI=1S/C23H22N2O3/c1-17-7-5-6-8-18(17)16-24-22(26)15-23(27)25-19-11-13-21(14-12-19)28-20-9-3-2-4-10-20/h2-14H,15-16H2,1H3,(H,24,26)(H,25,27). The van der Waals surface area contributed by atoms with Gasteiger partial charge in [-0.1, -0.05) is 42.5 Å². The predicted octanol–water partition coefficient (Wildman–Crippen LogP) is 4.43. The van der Waals surface area contributed by atoms with Crippen molar-refractivity contribution < 1.29 is 14.3 Å². The van der Waals surface area contributed by atoms with Gasteiger partial charge in [0.1, 0.15) is 17.9 Å². The first-order valence-corrected chi connectivity index (χ1v) is 9.04. The maximum Gasteiger partial charge on any atom is 0.233 e. The number of anilines is 1. The first-order chi connectivity index (χ1) is 13.6. The largest absolute Gasteiger partial charge is 0.457 e. The van der Waals surface area contributed by atoms with Crippen LogP contribution in [0.2, 0.25) is 0 Å². The summed E-state index contributed by atoms with van der Waals surface area (Å²) in [5, 5.41) is 5.49. The zero-order chi connectivity index (χ0) is 19.8. The van der Waals surface area contributed by atoms with Crippen molar-refractivity contribution in [1.82, 2.24) is 5.32 Å². The van der Waals surface area contributed by atoms with E-state index in [1.165, 1.54) is 0 Å². The molecule has 3 aromatic carbocycles. The molecule has 0 saturated heterocycles. The van der Waals surface area contributed by atoms with Crippen LogP contribution < -0.4 is 15.4 Å². The summed E-state index contributed by atoms with van der Waals surface area (Å²) in [5.41, 5.74) is 2.74. The average molecular weight is 374 g/mol. The molecule has 0 unspecified atom stereocenters. The molecule has 0 aliphatic carbocycles. The Labute approximate surface area is 164 Å². The van der Waals surface area contributed by atoms with Gasteiger partial charge in [0.2, 0.25) is 11.8 Å². The maximum atomic E-state index is 12.1. The van der Waals surface area contributed by atoms with Gasteiger partial charge in [0.05, 0.1) is 0 Å². The highest BCUT2D eigenvalue weighted by molar-refractivity contribution is 6.03. The number of para-hydroxylation sites is 1. The summed E-state index contributed by atoms with van der Waals surface area (Å²) >= 11 is 0. The average Bonchev–Trinajstić information content (AvgIpc) is 2.69. The molecule has 5 heteroatoms. The molecular formula is C23H22N2O3. The van der Waals surface area contributed by atoms with Crippen molar-refractivity contribution in [1.29, 1.82) is 0 Å². The summed E-state index contributed by atoms with van der Waals surface area (Å²) in [6, 6.07) is 24.3. The summed E-state index contributed by atoms with van der Waals surface area (Å²) in [7, 11) is 0. The number of nitrogens with one attached hydrogen (secondary N) is 2. The Balaban J connectivity index is 1.46. The van der Waals surface area contributed by atoms with Gasteiger partial charge >= 0.3 is 0 Å². The van der Waals surface area contributed by atoms with E-state index >= 15 is 0 Å². The van der Waals surface area contributed by atoms with Gasteiger partial charge in [-0.2, -0.15) is 0 Å². The van der Waals surface area contributed by atoms with Gasteiger partial charge in [-0.3, -0.25) is 9.59 Å². The van der Waals surface area contributed by atoms with E-state index in [2.05, 4.69) is 10.6 Å². The second kappa shape index (κ2) is 9.37. The lowest BCUT2D eigenvalue weighted by molar-refractivity contribution is -0.126. The highest BCUT2D eigenvalue weighted by Crippen LogP contribution is 2.22. The Morgan fingerprint density at radius 2 is 1.43 bits per heavy atom. The van der Waals surface area contributed by atoms with Crippen molar-refractivity contribution in [3.05, 3.63) is 90.0 Å². The number of amides is 2. The summed E-state index contributed by atoms with van der Waals surface area (Å²) in [5.74, 6) is 0.730. The molecule has 3 aromatic rings. The van der Waals surface area contributed by atoms with Crippen LogP contribution in [0.25, 0.3) is 0 Å². The Morgan fingerprint density at radius 3 is 2.14 bits per heavy atom. The Bertz CT molecular complexity index is 938. The van der Waals surface area contributed by atoms with Crippen molar-refractivity contribution >= 4 is 17.5 Å². The SMILES string of the molecule is Cc1ccccc1CNC(=O)CC(=O)Nc1ccc(Oc2ccccc2)cc1. The first-order valence-electron chi connectivity index (χ1n) is 9.04. The molecule has 0 spiro atoms. The monoisotopic (exact) mass is 374 g/mol. The number of benzene rings is 3. The smallest absolute Gasteiger partial charge is 0.233 e. The lowest BCUT2D eigenvalue weighted by atomic mass is 10.1. The lowest BCUT2D eigenvalue weighted by Gasteiger charge is -2.09. The van der Waals surface area contributed by atoms with E-state index in [1.807, 2.05) is 61.5 Å². The van der Waals surface area contributed by atoms with E-state index < -0.39 is 0 Å². The zero-order valence-corrected chi connectivity index (χ0v) is 15.6. The third-order valence-corrected chi connectivity index (χ3v) is 4.18.